The van der Waals surface area contributed by atoms with Gasteiger partial charge in [-0.1, -0.05) is 24.3 Å². The van der Waals surface area contributed by atoms with Crippen molar-refractivity contribution >= 4 is 29.3 Å². The number of carboxylic acid groups (broad SMARTS) is 1. The van der Waals surface area contributed by atoms with Crippen molar-refractivity contribution in [1.82, 2.24) is 0 Å². The molecule has 2 rings (SSSR count). The van der Waals surface area contributed by atoms with Crippen molar-refractivity contribution in [3.63, 3.8) is 0 Å². The van der Waals surface area contributed by atoms with Crippen LogP contribution in [0.25, 0.3) is 6.08 Å². The maximum absolute atomic E-state index is 12.3. The fourth-order valence-corrected chi connectivity index (χ4v) is 2.57. The molecule has 1 amide bonds. The molecule has 6 nitrogen and oxygen atoms in total. The molecule has 138 valence electrons. The Morgan fingerprint density at radius 2 is 1.67 bits per heavy atom. The van der Waals surface area contributed by atoms with E-state index in [2.05, 4.69) is 24.1 Å². The molecule has 0 aliphatic carbocycles. The van der Waals surface area contributed by atoms with Crippen LogP contribution in [0.3, 0.4) is 0 Å². The predicted molar refractivity (Wildman–Crippen MR) is 103 cm³/mol. The fourth-order valence-electron chi connectivity index (χ4n) is 2.57. The Morgan fingerprint density at radius 3 is 2.15 bits per heavy atom. The first kappa shape index (κ1) is 19.7. The average molecular weight is 362 g/mol. The molecule has 2 aromatic carbocycles. The van der Waals surface area contributed by atoms with Crippen LogP contribution >= 0.6 is 0 Å². The maximum Gasteiger partial charge on any atom is 0.266 e. The highest BCUT2D eigenvalue weighted by atomic mass is 16.4. The van der Waals surface area contributed by atoms with Gasteiger partial charge >= 0.3 is 0 Å². The average Bonchev–Trinajstić information content (AvgIpc) is 2.68. The minimum Gasteiger partial charge on any atom is -0.545 e. The highest BCUT2D eigenvalue weighted by molar-refractivity contribution is 6.09. The molecule has 0 aromatic heterocycles. The number of anilines is 2. The van der Waals surface area contributed by atoms with Crippen LogP contribution in [0.1, 0.15) is 29.8 Å². The molecular formula is C21H20N3O3-. The Morgan fingerprint density at radius 1 is 1.07 bits per heavy atom. The normalized spacial score (nSPS) is 10.8. The number of carbonyl (C=O) groups excluding carboxylic acids is 2. The van der Waals surface area contributed by atoms with Gasteiger partial charge in [0.2, 0.25) is 0 Å². The molecule has 0 radical (unpaired) electrons. The van der Waals surface area contributed by atoms with E-state index in [9.17, 15) is 20.0 Å². The summed E-state index contributed by atoms with van der Waals surface area (Å²) >= 11 is 0. The third-order valence-corrected chi connectivity index (χ3v) is 4.08. The summed E-state index contributed by atoms with van der Waals surface area (Å²) in [5.74, 6) is -1.86. The number of nitrogens with zero attached hydrogens (tertiary/aromatic N) is 2. The van der Waals surface area contributed by atoms with Crippen LogP contribution < -0.4 is 15.3 Å². The van der Waals surface area contributed by atoms with Gasteiger partial charge < -0.3 is 20.1 Å². The zero-order chi connectivity index (χ0) is 19.8. The minimum absolute atomic E-state index is 0.0114. The number of nitriles is 1. The zero-order valence-electron chi connectivity index (χ0n) is 15.2. The quantitative estimate of drug-likeness (QED) is 0.603. The number of hydrogen-bond acceptors (Lipinski definition) is 5. The molecule has 0 spiro atoms. The van der Waals surface area contributed by atoms with E-state index in [0.29, 0.717) is 5.69 Å². The molecule has 27 heavy (non-hydrogen) atoms. The second-order valence-corrected chi connectivity index (χ2v) is 5.75. The number of hydrogen-bond donors (Lipinski definition) is 1. The predicted octanol–water partition coefficient (Wildman–Crippen LogP) is 2.44. The number of nitrogens with one attached hydrogen (secondary N) is 1. The Bertz CT molecular complexity index is 874. The lowest BCUT2D eigenvalue weighted by Gasteiger charge is -2.20. The van der Waals surface area contributed by atoms with Crippen molar-refractivity contribution in [2.75, 3.05) is 23.3 Å². The van der Waals surface area contributed by atoms with E-state index in [1.165, 1.54) is 30.3 Å². The van der Waals surface area contributed by atoms with E-state index in [-0.39, 0.29) is 11.1 Å². The highest BCUT2D eigenvalue weighted by Crippen LogP contribution is 2.17. The van der Waals surface area contributed by atoms with Crippen LogP contribution in [0.5, 0.6) is 0 Å². The largest absolute Gasteiger partial charge is 0.545 e. The lowest BCUT2D eigenvalue weighted by molar-refractivity contribution is -0.255. The second-order valence-electron chi connectivity index (χ2n) is 5.75. The van der Waals surface area contributed by atoms with Gasteiger partial charge in [-0.25, -0.2) is 0 Å². The number of aromatic carboxylic acids is 1. The molecule has 2 aromatic rings. The van der Waals surface area contributed by atoms with Crippen molar-refractivity contribution < 1.29 is 14.7 Å². The smallest absolute Gasteiger partial charge is 0.266 e. The molecule has 0 aliphatic heterocycles. The van der Waals surface area contributed by atoms with Crippen molar-refractivity contribution in [3.8, 4) is 6.07 Å². The maximum atomic E-state index is 12.3. The molecule has 0 fully saturated rings. The van der Waals surface area contributed by atoms with Crippen LogP contribution in [0.2, 0.25) is 0 Å². The summed E-state index contributed by atoms with van der Waals surface area (Å²) in [6.45, 7) is 5.95. The second kappa shape index (κ2) is 9.20. The summed E-state index contributed by atoms with van der Waals surface area (Å²) in [4.78, 5) is 25.2. The number of carboxylic acids is 1. The molecule has 1 N–H and O–H groups in total. The van der Waals surface area contributed by atoms with E-state index < -0.39 is 11.9 Å². The summed E-state index contributed by atoms with van der Waals surface area (Å²) in [5.41, 5.74) is 2.17. The number of rotatable bonds is 7. The van der Waals surface area contributed by atoms with Crippen molar-refractivity contribution in [1.29, 1.82) is 5.26 Å². The van der Waals surface area contributed by atoms with Gasteiger partial charge in [0.1, 0.15) is 11.6 Å². The zero-order valence-corrected chi connectivity index (χ0v) is 15.2. The molecule has 0 bridgehead atoms. The van der Waals surface area contributed by atoms with Gasteiger partial charge in [-0.05, 0) is 55.3 Å². The van der Waals surface area contributed by atoms with E-state index in [1.54, 1.807) is 0 Å². The van der Waals surface area contributed by atoms with E-state index in [1.807, 2.05) is 30.3 Å². The number of carbonyl (C=O) groups is 2. The Hall–Kier alpha value is -3.59. The molecule has 0 atom stereocenters. The third-order valence-electron chi connectivity index (χ3n) is 4.08. The summed E-state index contributed by atoms with van der Waals surface area (Å²) < 4.78 is 0. The molecule has 6 heteroatoms. The van der Waals surface area contributed by atoms with Gasteiger partial charge in [0.05, 0.1) is 5.97 Å². The molecule has 0 saturated carbocycles. The fraction of sp³-hybridized carbons (Fsp3) is 0.190. The van der Waals surface area contributed by atoms with Crippen LogP contribution in [0.4, 0.5) is 11.4 Å². The van der Waals surface area contributed by atoms with Gasteiger partial charge in [0.15, 0.2) is 0 Å². The van der Waals surface area contributed by atoms with Gasteiger partial charge in [-0.15, -0.1) is 0 Å². The van der Waals surface area contributed by atoms with Crippen LogP contribution in [0.15, 0.2) is 54.1 Å². The Labute approximate surface area is 158 Å². The molecular weight excluding hydrogens is 342 g/mol. The lowest BCUT2D eigenvalue weighted by atomic mass is 10.1. The van der Waals surface area contributed by atoms with E-state index >= 15 is 0 Å². The van der Waals surface area contributed by atoms with Gasteiger partial charge in [-0.3, -0.25) is 4.79 Å². The summed E-state index contributed by atoms with van der Waals surface area (Å²) in [5, 5.41) is 22.6. The Balaban J connectivity index is 2.14. The molecule has 0 aliphatic rings. The topological polar surface area (TPSA) is 96.3 Å². The third kappa shape index (κ3) is 5.19. The highest BCUT2D eigenvalue weighted by Gasteiger charge is 2.10. The summed E-state index contributed by atoms with van der Waals surface area (Å²) in [6.07, 6.45) is 1.51. The molecule has 0 unspecified atom stereocenters. The first-order valence-corrected chi connectivity index (χ1v) is 8.58. The summed E-state index contributed by atoms with van der Waals surface area (Å²) in [7, 11) is 0. The van der Waals surface area contributed by atoms with Crippen LogP contribution in [-0.2, 0) is 4.79 Å². The SMILES string of the molecule is CCN(CC)c1ccc(/C=C(\C#N)C(=O)Nc2ccc(C(=O)[O-])cc2)cc1. The molecule has 0 saturated heterocycles. The number of amides is 1. The number of benzene rings is 2. The minimum atomic E-state index is -1.29. The van der Waals surface area contributed by atoms with Crippen LogP contribution in [-0.4, -0.2) is 25.0 Å². The first-order chi connectivity index (χ1) is 13.0. The monoisotopic (exact) mass is 362 g/mol. The van der Waals surface area contributed by atoms with E-state index in [0.717, 1.165) is 24.3 Å². The van der Waals surface area contributed by atoms with Crippen molar-refractivity contribution in [3.05, 3.63) is 65.2 Å². The van der Waals surface area contributed by atoms with Crippen molar-refractivity contribution in [2.24, 2.45) is 0 Å². The van der Waals surface area contributed by atoms with Crippen LogP contribution in [0, 0.1) is 11.3 Å². The van der Waals surface area contributed by atoms with Gasteiger partial charge in [-0.2, -0.15) is 5.26 Å². The van der Waals surface area contributed by atoms with Crippen molar-refractivity contribution in [2.45, 2.75) is 13.8 Å². The van der Waals surface area contributed by atoms with E-state index in [4.69, 9.17) is 0 Å². The standard InChI is InChI=1S/C21H21N3O3/c1-3-24(4-2)19-11-5-15(6-12-19)13-17(14-22)20(25)23-18-9-7-16(8-10-18)21(26)27/h5-13H,3-4H2,1-2H3,(H,23,25)(H,26,27)/p-1/b17-13+. The van der Waals surface area contributed by atoms with Gasteiger partial charge in [0, 0.05) is 24.5 Å². The Kier molecular flexibility index (Phi) is 6.73. The summed E-state index contributed by atoms with van der Waals surface area (Å²) in [6, 6.07) is 15.0. The first-order valence-electron chi connectivity index (χ1n) is 8.58. The van der Waals surface area contributed by atoms with Gasteiger partial charge in [0.25, 0.3) is 5.91 Å². The lowest BCUT2D eigenvalue weighted by Crippen LogP contribution is -2.22. The molecule has 0 heterocycles.